The van der Waals surface area contributed by atoms with E-state index in [9.17, 15) is 0 Å². The lowest BCUT2D eigenvalue weighted by molar-refractivity contribution is 0.267. The van der Waals surface area contributed by atoms with Gasteiger partial charge in [0, 0.05) is 11.9 Å². The van der Waals surface area contributed by atoms with Crippen molar-refractivity contribution in [3.05, 3.63) is 11.9 Å². The first-order valence-corrected chi connectivity index (χ1v) is 3.94. The maximum atomic E-state index is 5.82. The lowest BCUT2D eigenvalue weighted by Gasteiger charge is -2.37. The van der Waals surface area contributed by atoms with Gasteiger partial charge in [-0.05, 0) is 25.3 Å². The summed E-state index contributed by atoms with van der Waals surface area (Å²) in [5.41, 5.74) is 9.22. The van der Waals surface area contributed by atoms with Crippen LogP contribution in [0, 0.1) is 5.92 Å². The molecule has 0 spiro atoms. The monoisotopic (exact) mass is 154 g/mol. The van der Waals surface area contributed by atoms with Crippen LogP contribution in [0.2, 0.25) is 0 Å². The molecule has 3 aliphatic rings. The van der Waals surface area contributed by atoms with E-state index in [-0.39, 0.29) is 5.54 Å². The first-order chi connectivity index (χ1) is 5.27. The third kappa shape index (κ3) is 0.829. The van der Waals surface area contributed by atoms with Crippen LogP contribution in [-0.4, -0.2) is 12.1 Å². The number of rotatable bonds is 2. The third-order valence-corrected chi connectivity index (χ3v) is 2.79. The fourth-order valence-electron chi connectivity index (χ4n) is 2.12. The van der Waals surface area contributed by atoms with Crippen LogP contribution in [0.3, 0.4) is 0 Å². The first kappa shape index (κ1) is 6.94. The van der Waals surface area contributed by atoms with Crippen molar-refractivity contribution in [1.82, 2.24) is 10.7 Å². The number of hydrazine groups is 1. The van der Waals surface area contributed by atoms with Crippen LogP contribution in [0.25, 0.3) is 0 Å². The molecular formula is C7H14N4. The molecular weight excluding hydrogens is 140 g/mol. The zero-order chi connectivity index (χ0) is 7.90. The Morgan fingerprint density at radius 1 is 1.64 bits per heavy atom. The maximum absolute atomic E-state index is 5.82. The van der Waals surface area contributed by atoms with Crippen LogP contribution in [-0.2, 0) is 0 Å². The summed E-state index contributed by atoms with van der Waals surface area (Å²) in [5, 5.41) is 3.40. The standard InChI is InChI=1S/C7H14N4/c8-6(4-11-9)7-1-5(2-7)3-10-7/h4-5,10-11H,1-3,8-9H2/b6-4-. The molecule has 2 saturated heterocycles. The molecule has 3 fully saturated rings. The van der Waals surface area contributed by atoms with E-state index in [1.54, 1.807) is 6.20 Å². The van der Waals surface area contributed by atoms with Crippen LogP contribution >= 0.6 is 0 Å². The van der Waals surface area contributed by atoms with Crippen molar-refractivity contribution in [3.63, 3.8) is 0 Å². The maximum Gasteiger partial charge on any atom is 0.0602 e. The van der Waals surface area contributed by atoms with Gasteiger partial charge in [-0.1, -0.05) is 0 Å². The van der Waals surface area contributed by atoms with Gasteiger partial charge in [0.1, 0.15) is 0 Å². The summed E-state index contributed by atoms with van der Waals surface area (Å²) in [6, 6.07) is 0. The fraction of sp³-hybridized carbons (Fsp3) is 0.714. The molecule has 6 N–H and O–H groups in total. The normalized spacial score (nSPS) is 41.9. The molecule has 0 amide bonds. The molecule has 3 rings (SSSR count). The molecule has 2 bridgehead atoms. The van der Waals surface area contributed by atoms with Gasteiger partial charge in [0.25, 0.3) is 0 Å². The van der Waals surface area contributed by atoms with E-state index in [1.165, 1.54) is 12.8 Å². The Balaban J connectivity index is 2.10. The van der Waals surface area contributed by atoms with Crippen molar-refractivity contribution in [2.45, 2.75) is 18.4 Å². The molecule has 1 aliphatic carbocycles. The Labute approximate surface area is 66.0 Å². The predicted octanol–water partition coefficient (Wildman–Crippen LogP) is -0.998. The topological polar surface area (TPSA) is 76.1 Å². The van der Waals surface area contributed by atoms with Gasteiger partial charge in [-0.25, -0.2) is 0 Å². The first-order valence-electron chi connectivity index (χ1n) is 3.94. The lowest BCUT2D eigenvalue weighted by Crippen LogP contribution is -2.48. The van der Waals surface area contributed by atoms with E-state index in [2.05, 4.69) is 10.7 Å². The molecule has 62 valence electrons. The van der Waals surface area contributed by atoms with Gasteiger partial charge in [-0.15, -0.1) is 0 Å². The Bertz CT molecular complexity index is 187. The quantitative estimate of drug-likeness (QED) is 0.304. The number of hydrogen-bond acceptors (Lipinski definition) is 4. The summed E-state index contributed by atoms with van der Waals surface area (Å²) in [5.74, 6) is 5.99. The van der Waals surface area contributed by atoms with Gasteiger partial charge < -0.3 is 16.5 Å². The molecule has 0 atom stereocenters. The van der Waals surface area contributed by atoms with Crippen LogP contribution in [0.4, 0.5) is 0 Å². The van der Waals surface area contributed by atoms with Crippen LogP contribution < -0.4 is 22.3 Å². The zero-order valence-corrected chi connectivity index (χ0v) is 6.43. The molecule has 0 aromatic carbocycles. The molecule has 2 aliphatic heterocycles. The average molecular weight is 154 g/mol. The van der Waals surface area contributed by atoms with Crippen LogP contribution in [0.15, 0.2) is 11.9 Å². The van der Waals surface area contributed by atoms with E-state index < -0.39 is 0 Å². The second-order valence-electron chi connectivity index (χ2n) is 3.50. The highest BCUT2D eigenvalue weighted by Gasteiger charge is 2.51. The highest BCUT2D eigenvalue weighted by Crippen LogP contribution is 2.46. The number of nitrogens with one attached hydrogen (secondary N) is 2. The van der Waals surface area contributed by atoms with Crippen molar-refractivity contribution < 1.29 is 0 Å². The number of nitrogens with two attached hydrogens (primary N) is 2. The fourth-order valence-corrected chi connectivity index (χ4v) is 2.12. The summed E-state index contributed by atoms with van der Waals surface area (Å²) < 4.78 is 0. The van der Waals surface area contributed by atoms with Gasteiger partial charge in [0.05, 0.1) is 5.54 Å². The van der Waals surface area contributed by atoms with Crippen LogP contribution in [0.1, 0.15) is 12.8 Å². The Morgan fingerprint density at radius 2 is 2.36 bits per heavy atom. The molecule has 0 radical (unpaired) electrons. The Morgan fingerprint density at radius 3 is 2.82 bits per heavy atom. The van der Waals surface area contributed by atoms with Gasteiger partial charge in [0.2, 0.25) is 0 Å². The van der Waals surface area contributed by atoms with E-state index in [0.717, 1.165) is 18.2 Å². The second-order valence-corrected chi connectivity index (χ2v) is 3.50. The predicted molar refractivity (Wildman–Crippen MR) is 43.1 cm³/mol. The largest absolute Gasteiger partial charge is 0.399 e. The molecule has 1 saturated carbocycles. The number of fused-ring (bicyclic) bond motifs is 1. The molecule has 0 aromatic heterocycles. The highest BCUT2D eigenvalue weighted by atomic mass is 15.2. The minimum Gasteiger partial charge on any atom is -0.399 e. The smallest absolute Gasteiger partial charge is 0.0602 e. The molecule has 4 heteroatoms. The van der Waals surface area contributed by atoms with Crippen molar-refractivity contribution in [2.75, 3.05) is 6.54 Å². The summed E-state index contributed by atoms with van der Waals surface area (Å²) in [4.78, 5) is 0. The van der Waals surface area contributed by atoms with Crippen molar-refractivity contribution >= 4 is 0 Å². The van der Waals surface area contributed by atoms with Gasteiger partial charge >= 0.3 is 0 Å². The van der Waals surface area contributed by atoms with Crippen molar-refractivity contribution in [3.8, 4) is 0 Å². The summed E-state index contributed by atoms with van der Waals surface area (Å²) in [6.07, 6.45) is 4.03. The minimum atomic E-state index is 0.0943. The summed E-state index contributed by atoms with van der Waals surface area (Å²) >= 11 is 0. The third-order valence-electron chi connectivity index (χ3n) is 2.79. The SMILES string of the molecule is NN/C=C(\N)C12CC(CN1)C2. The molecule has 2 heterocycles. The van der Waals surface area contributed by atoms with Crippen LogP contribution in [0.5, 0.6) is 0 Å². The van der Waals surface area contributed by atoms with E-state index in [1.807, 2.05) is 0 Å². The van der Waals surface area contributed by atoms with Gasteiger partial charge in [-0.2, -0.15) is 0 Å². The molecule has 0 unspecified atom stereocenters. The zero-order valence-electron chi connectivity index (χ0n) is 6.43. The molecule has 11 heavy (non-hydrogen) atoms. The van der Waals surface area contributed by atoms with Gasteiger partial charge in [-0.3, -0.25) is 5.84 Å². The van der Waals surface area contributed by atoms with E-state index >= 15 is 0 Å². The second kappa shape index (κ2) is 2.12. The van der Waals surface area contributed by atoms with E-state index in [0.29, 0.717) is 0 Å². The summed E-state index contributed by atoms with van der Waals surface area (Å²) in [7, 11) is 0. The lowest BCUT2D eigenvalue weighted by atomic mass is 9.72. The minimum absolute atomic E-state index is 0.0943. The van der Waals surface area contributed by atoms with Crippen molar-refractivity contribution in [1.29, 1.82) is 0 Å². The Kier molecular flexibility index (Phi) is 1.34. The number of hydrogen-bond donors (Lipinski definition) is 4. The molecule has 0 aromatic rings. The molecule has 4 nitrogen and oxygen atoms in total. The van der Waals surface area contributed by atoms with Gasteiger partial charge in [0.15, 0.2) is 0 Å². The summed E-state index contributed by atoms with van der Waals surface area (Å²) in [6.45, 7) is 1.11. The van der Waals surface area contributed by atoms with Crippen molar-refractivity contribution in [2.24, 2.45) is 17.5 Å². The highest BCUT2D eigenvalue weighted by molar-refractivity contribution is 5.26. The Hall–Kier alpha value is -0.740. The average Bonchev–Trinajstić information content (AvgIpc) is 2.42. The van der Waals surface area contributed by atoms with E-state index in [4.69, 9.17) is 11.6 Å².